The highest BCUT2D eigenvalue weighted by atomic mass is 79.9. The molecule has 1 aromatic heterocycles. The molecule has 0 atom stereocenters. The SMILES string of the molecule is COc1ccccc1Cc1c(Br)ccc(OCC(=O)O)c1-c1ncno1. The second-order valence-electron chi connectivity index (χ2n) is 5.32. The van der Waals surface area contributed by atoms with Gasteiger partial charge in [0.1, 0.15) is 11.5 Å². The minimum Gasteiger partial charge on any atom is -0.496 e. The molecule has 2 aromatic carbocycles. The summed E-state index contributed by atoms with van der Waals surface area (Å²) in [5.74, 6) is 0.268. The highest BCUT2D eigenvalue weighted by Gasteiger charge is 2.21. The van der Waals surface area contributed by atoms with Crippen molar-refractivity contribution >= 4 is 21.9 Å². The lowest BCUT2D eigenvalue weighted by atomic mass is 9.98. The van der Waals surface area contributed by atoms with Gasteiger partial charge in [-0.2, -0.15) is 4.98 Å². The molecule has 1 N–H and O–H groups in total. The molecule has 0 aliphatic rings. The third-order valence-electron chi connectivity index (χ3n) is 3.70. The van der Waals surface area contributed by atoms with E-state index in [0.29, 0.717) is 17.7 Å². The van der Waals surface area contributed by atoms with E-state index in [9.17, 15) is 4.79 Å². The molecule has 3 rings (SSSR count). The monoisotopic (exact) mass is 418 g/mol. The lowest BCUT2D eigenvalue weighted by Crippen LogP contribution is -2.11. The quantitative estimate of drug-likeness (QED) is 0.626. The van der Waals surface area contributed by atoms with Crippen LogP contribution in [0.1, 0.15) is 11.1 Å². The van der Waals surface area contributed by atoms with E-state index in [1.165, 1.54) is 6.33 Å². The summed E-state index contributed by atoms with van der Waals surface area (Å²) in [6, 6.07) is 11.1. The number of para-hydroxylation sites is 1. The van der Waals surface area contributed by atoms with Crippen LogP contribution in [-0.4, -0.2) is 34.9 Å². The summed E-state index contributed by atoms with van der Waals surface area (Å²) < 4.78 is 16.9. The van der Waals surface area contributed by atoms with Crippen LogP contribution in [0.3, 0.4) is 0 Å². The van der Waals surface area contributed by atoms with E-state index in [-0.39, 0.29) is 5.89 Å². The maximum Gasteiger partial charge on any atom is 0.341 e. The van der Waals surface area contributed by atoms with Crippen molar-refractivity contribution in [2.45, 2.75) is 6.42 Å². The van der Waals surface area contributed by atoms with Gasteiger partial charge in [0.2, 0.25) is 0 Å². The van der Waals surface area contributed by atoms with Crippen LogP contribution in [-0.2, 0) is 11.2 Å². The van der Waals surface area contributed by atoms with Crippen molar-refractivity contribution in [1.29, 1.82) is 0 Å². The maximum atomic E-state index is 10.9. The molecule has 0 unspecified atom stereocenters. The Morgan fingerprint density at radius 2 is 2.04 bits per heavy atom. The Hall–Kier alpha value is -2.87. The lowest BCUT2D eigenvalue weighted by molar-refractivity contribution is -0.139. The summed E-state index contributed by atoms with van der Waals surface area (Å²) in [7, 11) is 1.61. The zero-order valence-corrected chi connectivity index (χ0v) is 15.4. The number of aromatic nitrogens is 2. The van der Waals surface area contributed by atoms with Crippen LogP contribution in [0.15, 0.2) is 51.7 Å². The normalized spacial score (nSPS) is 10.5. The fraction of sp³-hybridized carbons (Fsp3) is 0.167. The van der Waals surface area contributed by atoms with Gasteiger partial charge in [0.05, 0.1) is 12.7 Å². The van der Waals surface area contributed by atoms with Crippen LogP contribution in [0.5, 0.6) is 11.5 Å². The van der Waals surface area contributed by atoms with Gasteiger partial charge in [-0.1, -0.05) is 39.3 Å². The van der Waals surface area contributed by atoms with Crippen molar-refractivity contribution in [1.82, 2.24) is 10.1 Å². The first-order valence-corrected chi connectivity index (χ1v) is 8.44. The Labute approximate surface area is 157 Å². The molecule has 0 amide bonds. The van der Waals surface area contributed by atoms with E-state index in [1.807, 2.05) is 24.3 Å². The molecule has 0 bridgehead atoms. The van der Waals surface area contributed by atoms with Crippen LogP contribution in [0, 0.1) is 0 Å². The zero-order chi connectivity index (χ0) is 18.5. The second-order valence-corrected chi connectivity index (χ2v) is 6.17. The average Bonchev–Trinajstić information content (AvgIpc) is 3.16. The first-order valence-electron chi connectivity index (χ1n) is 7.65. The fourth-order valence-corrected chi connectivity index (χ4v) is 3.06. The molecular formula is C18H15BrN2O5. The molecule has 8 heteroatoms. The largest absolute Gasteiger partial charge is 0.496 e. The number of ether oxygens (including phenoxy) is 2. The number of aliphatic carboxylic acids is 1. The Balaban J connectivity index is 2.11. The molecule has 0 fully saturated rings. The molecule has 0 aliphatic heterocycles. The molecule has 0 radical (unpaired) electrons. The Kier molecular flexibility index (Phi) is 5.52. The Morgan fingerprint density at radius 3 is 2.73 bits per heavy atom. The van der Waals surface area contributed by atoms with E-state index in [2.05, 4.69) is 26.1 Å². The van der Waals surface area contributed by atoms with Crippen LogP contribution in [0.4, 0.5) is 0 Å². The molecule has 3 aromatic rings. The number of carboxylic acids is 1. The average molecular weight is 419 g/mol. The Bertz CT molecular complexity index is 912. The predicted octanol–water partition coefficient (Wildman–Crippen LogP) is 3.56. The lowest BCUT2D eigenvalue weighted by Gasteiger charge is -2.15. The molecule has 0 saturated heterocycles. The molecule has 0 aliphatic carbocycles. The number of hydrogen-bond acceptors (Lipinski definition) is 6. The van der Waals surface area contributed by atoms with Crippen molar-refractivity contribution in [3.8, 4) is 23.0 Å². The number of carbonyl (C=O) groups is 1. The number of hydrogen-bond donors (Lipinski definition) is 1. The second kappa shape index (κ2) is 8.01. The molecule has 26 heavy (non-hydrogen) atoms. The molecular weight excluding hydrogens is 404 g/mol. The summed E-state index contributed by atoms with van der Waals surface area (Å²) in [4.78, 5) is 15.0. The van der Waals surface area contributed by atoms with Crippen molar-refractivity contribution in [2.24, 2.45) is 0 Å². The van der Waals surface area contributed by atoms with E-state index >= 15 is 0 Å². The number of methoxy groups -OCH3 is 1. The zero-order valence-electron chi connectivity index (χ0n) is 13.8. The van der Waals surface area contributed by atoms with E-state index in [0.717, 1.165) is 21.3 Å². The van der Waals surface area contributed by atoms with Crippen LogP contribution < -0.4 is 9.47 Å². The minimum atomic E-state index is -1.07. The number of nitrogens with zero attached hydrogens (tertiary/aromatic N) is 2. The van der Waals surface area contributed by atoms with Gasteiger partial charge in [0.25, 0.3) is 5.89 Å². The number of rotatable bonds is 7. The summed E-state index contributed by atoms with van der Waals surface area (Å²) in [6.07, 6.45) is 1.77. The van der Waals surface area contributed by atoms with Crippen molar-refractivity contribution < 1.29 is 23.9 Å². The highest BCUT2D eigenvalue weighted by molar-refractivity contribution is 9.10. The van der Waals surface area contributed by atoms with Gasteiger partial charge in [0.15, 0.2) is 12.9 Å². The first-order chi connectivity index (χ1) is 12.6. The Morgan fingerprint density at radius 1 is 1.23 bits per heavy atom. The van der Waals surface area contributed by atoms with Crippen molar-refractivity contribution in [3.05, 3.63) is 58.3 Å². The number of benzene rings is 2. The van der Waals surface area contributed by atoms with E-state index < -0.39 is 12.6 Å². The van der Waals surface area contributed by atoms with Gasteiger partial charge in [-0.15, -0.1) is 0 Å². The summed E-state index contributed by atoms with van der Waals surface area (Å²) in [6.45, 7) is -0.475. The summed E-state index contributed by atoms with van der Waals surface area (Å²) in [5.41, 5.74) is 2.32. The fourth-order valence-electron chi connectivity index (χ4n) is 2.59. The predicted molar refractivity (Wildman–Crippen MR) is 96.4 cm³/mol. The van der Waals surface area contributed by atoms with Gasteiger partial charge in [-0.3, -0.25) is 0 Å². The maximum absolute atomic E-state index is 10.9. The third-order valence-corrected chi connectivity index (χ3v) is 4.45. The summed E-state index contributed by atoms with van der Waals surface area (Å²) >= 11 is 3.55. The smallest absolute Gasteiger partial charge is 0.341 e. The van der Waals surface area contributed by atoms with Gasteiger partial charge in [-0.05, 0) is 29.3 Å². The standard InChI is InChI=1S/C18H15BrN2O5/c1-24-14-5-3-2-4-11(14)8-12-13(19)6-7-15(25-9-16(22)23)17(12)18-20-10-21-26-18/h2-7,10H,8-9H2,1H3,(H,22,23). The molecule has 0 saturated carbocycles. The van der Waals surface area contributed by atoms with Gasteiger partial charge in [-0.25, -0.2) is 4.79 Å². The highest BCUT2D eigenvalue weighted by Crippen LogP contribution is 2.39. The van der Waals surface area contributed by atoms with Gasteiger partial charge < -0.3 is 19.1 Å². The third kappa shape index (κ3) is 3.85. The molecule has 1 heterocycles. The van der Waals surface area contributed by atoms with Crippen LogP contribution in [0.2, 0.25) is 0 Å². The summed E-state index contributed by atoms with van der Waals surface area (Å²) in [5, 5.41) is 12.6. The topological polar surface area (TPSA) is 94.7 Å². The van der Waals surface area contributed by atoms with Crippen molar-refractivity contribution in [3.63, 3.8) is 0 Å². The van der Waals surface area contributed by atoms with Crippen molar-refractivity contribution in [2.75, 3.05) is 13.7 Å². The van der Waals surface area contributed by atoms with Gasteiger partial charge in [0, 0.05) is 10.9 Å². The first kappa shape index (κ1) is 17.9. The van der Waals surface area contributed by atoms with Crippen LogP contribution >= 0.6 is 15.9 Å². The minimum absolute atomic E-state index is 0.247. The number of halogens is 1. The van der Waals surface area contributed by atoms with E-state index in [4.69, 9.17) is 19.1 Å². The van der Waals surface area contributed by atoms with E-state index in [1.54, 1.807) is 19.2 Å². The van der Waals surface area contributed by atoms with Gasteiger partial charge >= 0.3 is 5.97 Å². The van der Waals surface area contributed by atoms with Crippen LogP contribution in [0.25, 0.3) is 11.5 Å². The number of carboxylic acid groups (broad SMARTS) is 1. The molecule has 134 valence electrons. The molecule has 0 spiro atoms. The molecule has 7 nitrogen and oxygen atoms in total.